The molecule has 0 unspecified atom stereocenters. The average Bonchev–Trinajstić information content (AvgIpc) is 3.17. The fraction of sp³-hybridized carbons (Fsp3) is 0.435. The summed E-state index contributed by atoms with van der Waals surface area (Å²) in [4.78, 5) is 23.3. The van der Waals surface area contributed by atoms with E-state index in [1.54, 1.807) is 36.3 Å². The van der Waals surface area contributed by atoms with E-state index in [1.165, 1.54) is 13.3 Å². The lowest BCUT2D eigenvalue weighted by molar-refractivity contribution is 0.0769. The van der Waals surface area contributed by atoms with E-state index < -0.39 is 8.32 Å². The molecular formula is C23H30ClN3O4Si. The van der Waals surface area contributed by atoms with Crippen molar-refractivity contribution in [3.05, 3.63) is 41.2 Å². The third-order valence-corrected chi connectivity index (χ3v) is 10.8. The Morgan fingerprint density at radius 1 is 1.25 bits per heavy atom. The Labute approximate surface area is 194 Å². The van der Waals surface area contributed by atoms with Crippen LogP contribution in [0.3, 0.4) is 0 Å². The van der Waals surface area contributed by atoms with E-state index in [0.29, 0.717) is 52.0 Å². The molecule has 32 heavy (non-hydrogen) atoms. The highest BCUT2D eigenvalue weighted by atomic mass is 35.5. The summed E-state index contributed by atoms with van der Waals surface area (Å²) in [6, 6.07) is 5.07. The van der Waals surface area contributed by atoms with Crippen LogP contribution in [0.5, 0.6) is 5.75 Å². The Bertz CT molecular complexity index is 1120. The Morgan fingerprint density at radius 2 is 1.97 bits per heavy atom. The molecule has 0 saturated carbocycles. The molecule has 0 fully saturated rings. The average molecular weight is 476 g/mol. The number of likely N-dealkylation sites (N-methyl/N-ethyl adjacent to an activating group) is 1. The number of hydrogen-bond donors (Lipinski definition) is 0. The van der Waals surface area contributed by atoms with E-state index in [0.717, 1.165) is 0 Å². The van der Waals surface area contributed by atoms with Crippen molar-refractivity contribution in [1.29, 1.82) is 0 Å². The molecule has 3 aromatic heterocycles. The molecule has 0 aromatic carbocycles. The largest absolute Gasteiger partial charge is 0.494 e. The second-order valence-corrected chi connectivity index (χ2v) is 14.4. The molecule has 0 aliphatic carbocycles. The Hall–Kier alpha value is -2.42. The van der Waals surface area contributed by atoms with Crippen LogP contribution in [0.15, 0.2) is 35.0 Å². The highest BCUT2D eigenvalue weighted by molar-refractivity contribution is 6.74. The number of carbonyl (C=O) groups excluding carboxylic acids is 1. The number of pyridine rings is 2. The summed E-state index contributed by atoms with van der Waals surface area (Å²) in [6.07, 6.45) is 3.13. The second kappa shape index (κ2) is 9.21. The van der Waals surface area contributed by atoms with Crippen molar-refractivity contribution in [1.82, 2.24) is 14.9 Å². The van der Waals surface area contributed by atoms with Crippen molar-refractivity contribution < 1.29 is 18.4 Å². The maximum Gasteiger partial charge on any atom is 0.255 e. The molecular weight excluding hydrogens is 446 g/mol. The molecule has 0 bridgehead atoms. The lowest BCUT2D eigenvalue weighted by Crippen LogP contribution is -2.43. The van der Waals surface area contributed by atoms with Crippen LogP contribution >= 0.6 is 11.6 Å². The minimum atomic E-state index is -1.86. The van der Waals surface area contributed by atoms with Gasteiger partial charge in [-0.15, -0.1) is 0 Å². The number of hydrogen-bond acceptors (Lipinski definition) is 6. The van der Waals surface area contributed by atoms with Crippen LogP contribution in [0.25, 0.3) is 22.6 Å². The van der Waals surface area contributed by atoms with Gasteiger partial charge in [-0.25, -0.2) is 4.98 Å². The maximum absolute atomic E-state index is 12.9. The number of rotatable bonds is 7. The van der Waals surface area contributed by atoms with Crippen molar-refractivity contribution >= 4 is 36.9 Å². The number of aromatic nitrogens is 2. The van der Waals surface area contributed by atoms with E-state index in [2.05, 4.69) is 43.8 Å². The van der Waals surface area contributed by atoms with E-state index in [9.17, 15) is 4.79 Å². The first kappa shape index (κ1) is 24.2. The van der Waals surface area contributed by atoms with Gasteiger partial charge in [-0.2, -0.15) is 0 Å². The number of fused-ring (bicyclic) bond motifs is 1. The molecule has 0 saturated heterocycles. The monoisotopic (exact) mass is 475 g/mol. The number of amides is 1. The van der Waals surface area contributed by atoms with Gasteiger partial charge in [-0.3, -0.25) is 9.78 Å². The molecule has 172 valence electrons. The van der Waals surface area contributed by atoms with E-state index >= 15 is 0 Å². The zero-order chi connectivity index (χ0) is 23.7. The minimum absolute atomic E-state index is 0.124. The topological polar surface area (TPSA) is 77.7 Å². The van der Waals surface area contributed by atoms with Gasteiger partial charge in [-0.1, -0.05) is 32.4 Å². The molecule has 3 aromatic rings. The van der Waals surface area contributed by atoms with Crippen LogP contribution in [-0.4, -0.2) is 56.4 Å². The summed E-state index contributed by atoms with van der Waals surface area (Å²) in [5, 5.41) is 0.590. The number of furan rings is 1. The number of methoxy groups -OCH3 is 1. The number of ether oxygens (including phenoxy) is 1. The maximum atomic E-state index is 12.9. The molecule has 0 atom stereocenters. The molecule has 0 N–H and O–H groups in total. The lowest BCUT2D eigenvalue weighted by atomic mass is 10.2. The fourth-order valence-electron chi connectivity index (χ4n) is 2.90. The van der Waals surface area contributed by atoms with Crippen LogP contribution < -0.4 is 4.74 Å². The van der Waals surface area contributed by atoms with Crippen LogP contribution in [0, 0.1) is 0 Å². The Balaban J connectivity index is 1.76. The van der Waals surface area contributed by atoms with E-state index in [4.69, 9.17) is 25.2 Å². The summed E-state index contributed by atoms with van der Waals surface area (Å²) in [6.45, 7) is 12.0. The van der Waals surface area contributed by atoms with Crippen molar-refractivity contribution in [3.8, 4) is 17.2 Å². The van der Waals surface area contributed by atoms with Gasteiger partial charge < -0.3 is 18.5 Å². The number of nitrogens with zero attached hydrogens (tertiary/aromatic N) is 3. The van der Waals surface area contributed by atoms with Crippen molar-refractivity contribution in [2.45, 2.75) is 38.9 Å². The standard InChI is InChI=1S/C23H30ClN3O4Si/c1-23(2,3)32(6,7)30-11-10-27(4)22(28)15-12-18(29-5)20(26-14-15)19-13-17-21(31-19)16(24)8-9-25-17/h8-9,12-14H,10-11H2,1-7H3. The van der Waals surface area contributed by atoms with Crippen molar-refractivity contribution in [2.75, 3.05) is 27.3 Å². The van der Waals surface area contributed by atoms with Gasteiger partial charge in [0.2, 0.25) is 0 Å². The number of carbonyl (C=O) groups is 1. The summed E-state index contributed by atoms with van der Waals surface area (Å²) in [7, 11) is 1.42. The second-order valence-electron chi connectivity index (χ2n) is 9.23. The van der Waals surface area contributed by atoms with Gasteiger partial charge in [0.1, 0.15) is 17.0 Å². The third-order valence-electron chi connectivity index (χ3n) is 5.96. The van der Waals surface area contributed by atoms with Gasteiger partial charge in [0.25, 0.3) is 5.91 Å². The SMILES string of the molecule is COc1cc(C(=O)N(C)CCO[Si](C)(C)C(C)(C)C)cnc1-c1cc2nccc(Cl)c2o1. The Morgan fingerprint density at radius 3 is 2.59 bits per heavy atom. The van der Waals surface area contributed by atoms with Gasteiger partial charge in [-0.05, 0) is 30.3 Å². The highest BCUT2D eigenvalue weighted by Gasteiger charge is 2.37. The normalized spacial score (nSPS) is 12.2. The first-order valence-corrected chi connectivity index (χ1v) is 13.7. The third kappa shape index (κ3) is 4.97. The summed E-state index contributed by atoms with van der Waals surface area (Å²) < 4.78 is 17.5. The first-order chi connectivity index (χ1) is 14.9. The van der Waals surface area contributed by atoms with Crippen molar-refractivity contribution in [3.63, 3.8) is 0 Å². The van der Waals surface area contributed by atoms with Crippen LogP contribution in [0.1, 0.15) is 31.1 Å². The lowest BCUT2D eigenvalue weighted by Gasteiger charge is -2.36. The minimum Gasteiger partial charge on any atom is -0.494 e. The Kier molecular flexibility index (Phi) is 6.97. The smallest absolute Gasteiger partial charge is 0.255 e. The van der Waals surface area contributed by atoms with Gasteiger partial charge in [0, 0.05) is 32.1 Å². The molecule has 0 aliphatic heterocycles. The molecule has 7 nitrogen and oxygen atoms in total. The molecule has 3 rings (SSSR count). The summed E-state index contributed by atoms with van der Waals surface area (Å²) in [5.41, 5.74) is 2.00. The molecule has 0 aliphatic rings. The first-order valence-electron chi connectivity index (χ1n) is 10.4. The van der Waals surface area contributed by atoms with Crippen LogP contribution in [0.2, 0.25) is 23.2 Å². The van der Waals surface area contributed by atoms with Crippen molar-refractivity contribution in [2.24, 2.45) is 0 Å². The zero-order valence-corrected chi connectivity index (χ0v) is 21.4. The molecule has 1 amide bonds. The summed E-state index contributed by atoms with van der Waals surface area (Å²) >= 11 is 6.18. The van der Waals surface area contributed by atoms with Gasteiger partial charge >= 0.3 is 0 Å². The highest BCUT2D eigenvalue weighted by Crippen LogP contribution is 2.37. The molecule has 0 spiro atoms. The fourth-order valence-corrected chi connectivity index (χ4v) is 4.13. The molecule has 0 radical (unpaired) electrons. The van der Waals surface area contributed by atoms with E-state index in [-0.39, 0.29) is 10.9 Å². The van der Waals surface area contributed by atoms with Gasteiger partial charge in [0.05, 0.1) is 24.3 Å². The molecule has 9 heteroatoms. The summed E-state index contributed by atoms with van der Waals surface area (Å²) in [5.74, 6) is 0.736. The number of halogens is 1. The van der Waals surface area contributed by atoms with Gasteiger partial charge in [0.15, 0.2) is 19.7 Å². The molecule has 3 heterocycles. The van der Waals surface area contributed by atoms with Crippen LogP contribution in [0.4, 0.5) is 0 Å². The predicted octanol–water partition coefficient (Wildman–Crippen LogP) is 5.65. The quantitative estimate of drug-likeness (QED) is 0.411. The predicted molar refractivity (Wildman–Crippen MR) is 129 cm³/mol. The van der Waals surface area contributed by atoms with Crippen LogP contribution in [-0.2, 0) is 4.43 Å². The van der Waals surface area contributed by atoms with E-state index in [1.807, 2.05) is 0 Å². The zero-order valence-electron chi connectivity index (χ0n) is 19.7.